The van der Waals surface area contributed by atoms with Crippen LogP contribution < -0.4 is 14.9 Å². The Hall–Kier alpha value is -2.83. The fraction of sp³-hybridized carbons (Fsp3) is 0.130. The van der Waals surface area contributed by atoms with E-state index in [4.69, 9.17) is 21.1 Å². The lowest BCUT2D eigenvalue weighted by Crippen LogP contribution is -2.33. The number of ether oxygens (including phenoxy) is 2. The van der Waals surface area contributed by atoms with Gasteiger partial charge < -0.3 is 9.47 Å². The van der Waals surface area contributed by atoms with Crippen LogP contribution in [0.5, 0.6) is 11.5 Å². The van der Waals surface area contributed by atoms with E-state index in [0.29, 0.717) is 17.4 Å². The van der Waals surface area contributed by atoms with Gasteiger partial charge in [0.05, 0.1) is 6.21 Å². The number of hydrogen-bond donors (Lipinski definition) is 1. The summed E-state index contributed by atoms with van der Waals surface area (Å²) in [6.45, 7) is 2.12. The molecule has 154 valence electrons. The van der Waals surface area contributed by atoms with Crippen LogP contribution in [0.3, 0.4) is 0 Å². The zero-order valence-electron chi connectivity index (χ0n) is 16.2. The van der Waals surface area contributed by atoms with Crippen molar-refractivity contribution in [1.82, 2.24) is 5.43 Å². The smallest absolute Gasteiger partial charge is 0.280 e. The van der Waals surface area contributed by atoms with Gasteiger partial charge in [0.2, 0.25) is 0 Å². The summed E-state index contributed by atoms with van der Waals surface area (Å²) >= 11 is 9.24. The molecule has 1 atom stereocenters. The van der Waals surface area contributed by atoms with Gasteiger partial charge in [-0.2, -0.15) is 5.10 Å². The van der Waals surface area contributed by atoms with Crippen LogP contribution in [-0.4, -0.2) is 18.2 Å². The Bertz CT molecular complexity index is 990. The molecule has 7 heteroatoms. The largest absolute Gasteiger partial charge is 0.489 e. The summed E-state index contributed by atoms with van der Waals surface area (Å²) in [7, 11) is 0. The number of rotatable bonds is 8. The maximum atomic E-state index is 12.1. The quantitative estimate of drug-likeness (QED) is 0.332. The molecule has 0 unspecified atom stereocenters. The summed E-state index contributed by atoms with van der Waals surface area (Å²) < 4.78 is 12.3. The number of hydrazone groups is 1. The van der Waals surface area contributed by atoms with E-state index in [1.165, 1.54) is 0 Å². The van der Waals surface area contributed by atoms with Gasteiger partial charge in [0.25, 0.3) is 5.91 Å². The summed E-state index contributed by atoms with van der Waals surface area (Å²) in [6.07, 6.45) is 0.889. The van der Waals surface area contributed by atoms with Gasteiger partial charge in [-0.25, -0.2) is 5.43 Å². The maximum Gasteiger partial charge on any atom is 0.280 e. The number of nitrogens with one attached hydrogen (secondary N) is 1. The SMILES string of the molecule is C[C@@H](Oc1ccc(Br)cc1)C(=O)N/N=C\c1ccc(OCc2ccc(Cl)cc2)cc1. The lowest BCUT2D eigenvalue weighted by Gasteiger charge is -2.12. The number of benzene rings is 3. The molecule has 3 aromatic rings. The van der Waals surface area contributed by atoms with Crippen molar-refractivity contribution in [1.29, 1.82) is 0 Å². The second-order valence-corrected chi connectivity index (χ2v) is 7.78. The van der Waals surface area contributed by atoms with Crippen molar-refractivity contribution < 1.29 is 14.3 Å². The average Bonchev–Trinajstić information content (AvgIpc) is 2.76. The Kier molecular flexibility index (Phi) is 7.88. The number of carbonyl (C=O) groups is 1. The molecule has 0 saturated heterocycles. The molecule has 0 fully saturated rings. The van der Waals surface area contributed by atoms with Crippen LogP contribution in [0.15, 0.2) is 82.4 Å². The van der Waals surface area contributed by atoms with Crippen LogP contribution >= 0.6 is 27.5 Å². The summed E-state index contributed by atoms with van der Waals surface area (Å²) in [5, 5.41) is 4.68. The van der Waals surface area contributed by atoms with Crippen molar-refractivity contribution in [2.24, 2.45) is 5.10 Å². The third kappa shape index (κ3) is 6.90. The Morgan fingerprint density at radius 3 is 2.33 bits per heavy atom. The van der Waals surface area contributed by atoms with Crippen molar-refractivity contribution in [3.8, 4) is 11.5 Å². The van der Waals surface area contributed by atoms with Crippen molar-refractivity contribution in [3.05, 3.63) is 93.4 Å². The molecule has 1 N–H and O–H groups in total. The fourth-order valence-electron chi connectivity index (χ4n) is 2.43. The number of hydrogen-bond acceptors (Lipinski definition) is 4. The molecule has 0 bridgehead atoms. The molecule has 0 aliphatic rings. The first-order chi connectivity index (χ1) is 14.5. The monoisotopic (exact) mass is 486 g/mol. The Labute approximate surface area is 188 Å². The Morgan fingerprint density at radius 2 is 1.67 bits per heavy atom. The molecular weight excluding hydrogens is 468 g/mol. The van der Waals surface area contributed by atoms with Crippen LogP contribution in [0.25, 0.3) is 0 Å². The van der Waals surface area contributed by atoms with Gasteiger partial charge >= 0.3 is 0 Å². The van der Waals surface area contributed by atoms with E-state index in [9.17, 15) is 4.79 Å². The number of amides is 1. The van der Waals surface area contributed by atoms with E-state index in [0.717, 1.165) is 21.3 Å². The molecule has 0 spiro atoms. The fourth-order valence-corrected chi connectivity index (χ4v) is 2.82. The Balaban J connectivity index is 1.45. The molecule has 0 aliphatic heterocycles. The summed E-state index contributed by atoms with van der Waals surface area (Å²) in [6, 6.07) is 22.2. The molecule has 0 aromatic heterocycles. The van der Waals surface area contributed by atoms with Gasteiger partial charge in [0.15, 0.2) is 6.10 Å². The molecule has 0 heterocycles. The van der Waals surface area contributed by atoms with Gasteiger partial charge in [0, 0.05) is 9.50 Å². The molecule has 3 rings (SSSR count). The van der Waals surface area contributed by atoms with Gasteiger partial charge in [0.1, 0.15) is 18.1 Å². The molecule has 0 saturated carbocycles. The van der Waals surface area contributed by atoms with Crippen molar-refractivity contribution >= 4 is 39.7 Å². The number of halogens is 2. The van der Waals surface area contributed by atoms with Gasteiger partial charge in [-0.3, -0.25) is 4.79 Å². The summed E-state index contributed by atoms with van der Waals surface area (Å²) in [5.74, 6) is 1.01. The van der Waals surface area contributed by atoms with Crippen LogP contribution in [-0.2, 0) is 11.4 Å². The molecular formula is C23H20BrClN2O3. The highest BCUT2D eigenvalue weighted by atomic mass is 79.9. The van der Waals surface area contributed by atoms with Crippen molar-refractivity contribution in [2.75, 3.05) is 0 Å². The first kappa shape index (κ1) is 21.9. The third-order valence-corrected chi connectivity index (χ3v) is 4.86. The predicted octanol–water partition coefficient (Wildman–Crippen LogP) is 5.60. The highest BCUT2D eigenvalue weighted by Crippen LogP contribution is 2.17. The van der Waals surface area contributed by atoms with E-state index in [1.807, 2.05) is 60.7 Å². The molecule has 0 radical (unpaired) electrons. The Morgan fingerprint density at radius 1 is 1.03 bits per heavy atom. The number of carbonyl (C=O) groups excluding carboxylic acids is 1. The second kappa shape index (κ2) is 10.8. The van der Waals surface area contributed by atoms with Gasteiger partial charge in [-0.15, -0.1) is 0 Å². The molecule has 3 aromatic carbocycles. The normalized spacial score (nSPS) is 11.8. The molecule has 0 aliphatic carbocycles. The predicted molar refractivity (Wildman–Crippen MR) is 122 cm³/mol. The first-order valence-corrected chi connectivity index (χ1v) is 10.4. The minimum Gasteiger partial charge on any atom is -0.489 e. The molecule has 5 nitrogen and oxygen atoms in total. The van der Waals surface area contributed by atoms with Crippen LogP contribution in [0, 0.1) is 0 Å². The number of nitrogens with zero attached hydrogens (tertiary/aromatic N) is 1. The summed E-state index contributed by atoms with van der Waals surface area (Å²) in [5.41, 5.74) is 4.35. The van der Waals surface area contributed by atoms with Gasteiger partial charge in [-0.05, 0) is 78.7 Å². The minimum absolute atomic E-state index is 0.336. The maximum absolute atomic E-state index is 12.1. The topological polar surface area (TPSA) is 59.9 Å². The van der Waals surface area contributed by atoms with Gasteiger partial charge in [-0.1, -0.05) is 39.7 Å². The minimum atomic E-state index is -0.674. The van der Waals surface area contributed by atoms with Crippen LogP contribution in [0.2, 0.25) is 5.02 Å². The standard InChI is InChI=1S/C23H20BrClN2O3/c1-16(30-22-12-6-19(24)7-13-22)23(28)27-26-14-17-4-10-21(11-5-17)29-15-18-2-8-20(25)9-3-18/h2-14,16H,15H2,1H3,(H,27,28)/b26-14-/t16-/m1/s1. The highest BCUT2D eigenvalue weighted by molar-refractivity contribution is 9.10. The zero-order valence-corrected chi connectivity index (χ0v) is 18.6. The first-order valence-electron chi connectivity index (χ1n) is 9.22. The van der Waals surface area contributed by atoms with Crippen molar-refractivity contribution in [3.63, 3.8) is 0 Å². The van der Waals surface area contributed by atoms with E-state index in [1.54, 1.807) is 25.3 Å². The lowest BCUT2D eigenvalue weighted by molar-refractivity contribution is -0.127. The summed E-state index contributed by atoms with van der Waals surface area (Å²) in [4.78, 5) is 12.1. The van der Waals surface area contributed by atoms with Crippen LogP contribution in [0.1, 0.15) is 18.1 Å². The average molecular weight is 488 g/mol. The highest BCUT2D eigenvalue weighted by Gasteiger charge is 2.13. The third-order valence-electron chi connectivity index (χ3n) is 4.08. The van der Waals surface area contributed by atoms with E-state index in [-0.39, 0.29) is 5.91 Å². The zero-order chi connectivity index (χ0) is 21.3. The molecule has 30 heavy (non-hydrogen) atoms. The second-order valence-electron chi connectivity index (χ2n) is 6.43. The van der Waals surface area contributed by atoms with E-state index < -0.39 is 6.10 Å². The van der Waals surface area contributed by atoms with Crippen LogP contribution in [0.4, 0.5) is 0 Å². The van der Waals surface area contributed by atoms with E-state index in [2.05, 4.69) is 26.5 Å². The van der Waals surface area contributed by atoms with E-state index >= 15 is 0 Å². The lowest BCUT2D eigenvalue weighted by atomic mass is 10.2. The van der Waals surface area contributed by atoms with Crippen molar-refractivity contribution in [2.45, 2.75) is 19.6 Å². The molecule has 1 amide bonds.